The van der Waals surface area contributed by atoms with Crippen molar-refractivity contribution in [2.75, 3.05) is 6.54 Å². The summed E-state index contributed by atoms with van der Waals surface area (Å²) in [4.78, 5) is 17.0. The third kappa shape index (κ3) is 2.67. The van der Waals surface area contributed by atoms with Crippen LogP contribution < -0.4 is 5.32 Å². The Morgan fingerprint density at radius 3 is 2.72 bits per heavy atom. The molecule has 1 amide bonds. The van der Waals surface area contributed by atoms with Gasteiger partial charge in [-0.2, -0.15) is 0 Å². The normalized spacial score (nSPS) is 11.3. The molecule has 0 radical (unpaired) electrons. The number of furan rings is 1. The summed E-state index contributed by atoms with van der Waals surface area (Å²) in [6, 6.07) is 15.7. The molecule has 4 aromatic rings. The molecule has 2 aromatic carbocycles. The van der Waals surface area contributed by atoms with Gasteiger partial charge in [0.05, 0.1) is 11.0 Å². The average molecular weight is 333 g/mol. The van der Waals surface area contributed by atoms with Crippen LogP contribution in [0.2, 0.25) is 0 Å². The second-order valence-electron chi connectivity index (χ2n) is 6.11. The molecule has 0 aliphatic carbocycles. The van der Waals surface area contributed by atoms with Crippen LogP contribution >= 0.6 is 0 Å². The molecule has 2 aromatic heterocycles. The molecule has 0 atom stereocenters. The summed E-state index contributed by atoms with van der Waals surface area (Å²) in [5.41, 5.74) is 3.66. The lowest BCUT2D eigenvalue weighted by Crippen LogP contribution is -2.27. The van der Waals surface area contributed by atoms with E-state index in [-0.39, 0.29) is 5.91 Å². The predicted octanol–water partition coefficient (Wildman–Crippen LogP) is 3.83. The molecular formula is C20H19N3O2. The van der Waals surface area contributed by atoms with Crippen LogP contribution in [0.3, 0.4) is 0 Å². The van der Waals surface area contributed by atoms with Gasteiger partial charge >= 0.3 is 0 Å². The molecule has 1 N–H and O–H groups in total. The fourth-order valence-electron chi connectivity index (χ4n) is 3.23. The molecule has 0 saturated heterocycles. The number of benzene rings is 2. The van der Waals surface area contributed by atoms with E-state index in [0.717, 1.165) is 33.4 Å². The number of amides is 1. The largest absolute Gasteiger partial charge is 0.451 e. The Morgan fingerprint density at radius 2 is 1.88 bits per heavy atom. The second kappa shape index (κ2) is 6.09. The summed E-state index contributed by atoms with van der Waals surface area (Å²) >= 11 is 0. The van der Waals surface area contributed by atoms with E-state index < -0.39 is 0 Å². The zero-order valence-electron chi connectivity index (χ0n) is 14.2. The van der Waals surface area contributed by atoms with Crippen molar-refractivity contribution in [1.82, 2.24) is 14.9 Å². The van der Waals surface area contributed by atoms with Gasteiger partial charge in [0.1, 0.15) is 11.4 Å². The average Bonchev–Trinajstić information content (AvgIpc) is 3.13. The highest BCUT2D eigenvalue weighted by molar-refractivity contribution is 5.98. The molecule has 0 unspecified atom stereocenters. The predicted molar refractivity (Wildman–Crippen MR) is 97.8 cm³/mol. The maximum absolute atomic E-state index is 12.5. The number of aromatic nitrogens is 2. The standard InChI is InChI=1S/C20H19N3O2/c1-13-15-7-3-6-10-18(15)25-19(13)20(24)21-11-12-23-14(2)22-16-8-4-5-9-17(16)23/h3-10H,11-12H2,1-2H3,(H,21,24). The van der Waals surface area contributed by atoms with Crippen molar-refractivity contribution >= 4 is 27.9 Å². The van der Waals surface area contributed by atoms with E-state index >= 15 is 0 Å². The zero-order chi connectivity index (χ0) is 17.4. The minimum Gasteiger partial charge on any atom is -0.451 e. The molecule has 0 spiro atoms. The summed E-state index contributed by atoms with van der Waals surface area (Å²) in [7, 11) is 0. The van der Waals surface area contributed by atoms with Gasteiger partial charge in [-0.1, -0.05) is 30.3 Å². The SMILES string of the molecule is Cc1c(C(=O)NCCn2c(C)nc3ccccc32)oc2ccccc12. The minimum atomic E-state index is -0.184. The highest BCUT2D eigenvalue weighted by Gasteiger charge is 2.17. The number of carbonyl (C=O) groups excluding carboxylic acids is 1. The van der Waals surface area contributed by atoms with Gasteiger partial charge in [-0.25, -0.2) is 4.98 Å². The number of hydrogen-bond acceptors (Lipinski definition) is 3. The molecule has 4 rings (SSSR count). The fraction of sp³-hybridized carbons (Fsp3) is 0.200. The number of nitrogens with one attached hydrogen (secondary N) is 1. The van der Waals surface area contributed by atoms with Crippen LogP contribution in [0.25, 0.3) is 22.0 Å². The highest BCUT2D eigenvalue weighted by Crippen LogP contribution is 2.24. The third-order valence-corrected chi connectivity index (χ3v) is 4.52. The molecule has 126 valence electrons. The monoisotopic (exact) mass is 333 g/mol. The van der Waals surface area contributed by atoms with Gasteiger partial charge in [-0.15, -0.1) is 0 Å². The van der Waals surface area contributed by atoms with Crippen molar-refractivity contribution in [2.45, 2.75) is 20.4 Å². The van der Waals surface area contributed by atoms with Gasteiger partial charge in [-0.05, 0) is 32.0 Å². The van der Waals surface area contributed by atoms with Crippen LogP contribution in [-0.4, -0.2) is 22.0 Å². The molecule has 2 heterocycles. The number of imidazole rings is 1. The summed E-state index contributed by atoms with van der Waals surface area (Å²) < 4.78 is 7.82. The van der Waals surface area contributed by atoms with E-state index in [1.165, 1.54) is 0 Å². The van der Waals surface area contributed by atoms with Crippen LogP contribution in [0.1, 0.15) is 21.9 Å². The van der Waals surface area contributed by atoms with E-state index in [9.17, 15) is 4.79 Å². The van der Waals surface area contributed by atoms with Crippen molar-refractivity contribution in [3.63, 3.8) is 0 Å². The molecule has 0 aliphatic heterocycles. The lowest BCUT2D eigenvalue weighted by atomic mass is 10.1. The van der Waals surface area contributed by atoms with E-state index in [1.54, 1.807) is 0 Å². The lowest BCUT2D eigenvalue weighted by Gasteiger charge is -2.08. The molecule has 0 fully saturated rings. The minimum absolute atomic E-state index is 0.184. The van der Waals surface area contributed by atoms with E-state index in [0.29, 0.717) is 18.8 Å². The number of fused-ring (bicyclic) bond motifs is 2. The number of aryl methyl sites for hydroxylation is 2. The van der Waals surface area contributed by atoms with Crippen molar-refractivity contribution in [2.24, 2.45) is 0 Å². The maximum atomic E-state index is 12.5. The van der Waals surface area contributed by atoms with Crippen LogP contribution in [0.15, 0.2) is 52.9 Å². The topological polar surface area (TPSA) is 60.1 Å². The van der Waals surface area contributed by atoms with Crippen molar-refractivity contribution in [3.8, 4) is 0 Å². The summed E-state index contributed by atoms with van der Waals surface area (Å²) in [5.74, 6) is 1.14. The Kier molecular flexibility index (Phi) is 3.76. The van der Waals surface area contributed by atoms with Crippen LogP contribution in [0.5, 0.6) is 0 Å². The third-order valence-electron chi connectivity index (χ3n) is 4.52. The van der Waals surface area contributed by atoms with Crippen molar-refractivity contribution in [3.05, 3.63) is 65.7 Å². The molecular weight excluding hydrogens is 314 g/mol. The first-order valence-corrected chi connectivity index (χ1v) is 8.33. The van der Waals surface area contributed by atoms with Gasteiger partial charge in [0.25, 0.3) is 5.91 Å². The van der Waals surface area contributed by atoms with Crippen LogP contribution in [0, 0.1) is 13.8 Å². The smallest absolute Gasteiger partial charge is 0.287 e. The van der Waals surface area contributed by atoms with Crippen molar-refractivity contribution in [1.29, 1.82) is 0 Å². The first-order valence-electron chi connectivity index (χ1n) is 8.33. The Balaban J connectivity index is 1.50. The molecule has 25 heavy (non-hydrogen) atoms. The summed E-state index contributed by atoms with van der Waals surface area (Å²) in [6.45, 7) is 5.06. The van der Waals surface area contributed by atoms with E-state index in [1.807, 2.05) is 62.4 Å². The first-order chi connectivity index (χ1) is 12.1. The zero-order valence-corrected chi connectivity index (χ0v) is 14.2. The summed E-state index contributed by atoms with van der Waals surface area (Å²) in [5, 5.41) is 3.93. The van der Waals surface area contributed by atoms with E-state index in [2.05, 4.69) is 14.9 Å². The lowest BCUT2D eigenvalue weighted by molar-refractivity contribution is 0.0926. The number of rotatable bonds is 4. The molecule has 0 saturated carbocycles. The number of hydrogen-bond donors (Lipinski definition) is 1. The number of para-hydroxylation sites is 3. The fourth-order valence-corrected chi connectivity index (χ4v) is 3.23. The number of nitrogens with zero attached hydrogens (tertiary/aromatic N) is 2. The first kappa shape index (κ1) is 15.4. The van der Waals surface area contributed by atoms with Gasteiger partial charge in [-0.3, -0.25) is 4.79 Å². The summed E-state index contributed by atoms with van der Waals surface area (Å²) in [6.07, 6.45) is 0. The molecule has 5 nitrogen and oxygen atoms in total. The highest BCUT2D eigenvalue weighted by atomic mass is 16.3. The van der Waals surface area contributed by atoms with E-state index in [4.69, 9.17) is 4.42 Å². The Labute approximate surface area is 145 Å². The van der Waals surface area contributed by atoms with Crippen LogP contribution in [-0.2, 0) is 6.54 Å². The molecule has 0 aliphatic rings. The van der Waals surface area contributed by atoms with Gasteiger partial charge < -0.3 is 14.3 Å². The second-order valence-corrected chi connectivity index (χ2v) is 6.11. The number of carbonyl (C=O) groups is 1. The Morgan fingerprint density at radius 1 is 1.12 bits per heavy atom. The Hall–Kier alpha value is -3.08. The van der Waals surface area contributed by atoms with Gasteiger partial charge in [0.2, 0.25) is 0 Å². The Bertz CT molecular complexity index is 1080. The van der Waals surface area contributed by atoms with Crippen molar-refractivity contribution < 1.29 is 9.21 Å². The van der Waals surface area contributed by atoms with Gasteiger partial charge in [0.15, 0.2) is 5.76 Å². The molecule has 0 bridgehead atoms. The molecule has 5 heteroatoms. The van der Waals surface area contributed by atoms with Crippen LogP contribution in [0.4, 0.5) is 0 Å². The van der Waals surface area contributed by atoms with Gasteiger partial charge in [0, 0.05) is 24.0 Å². The quantitative estimate of drug-likeness (QED) is 0.617. The maximum Gasteiger partial charge on any atom is 0.287 e.